The van der Waals surface area contributed by atoms with Gasteiger partial charge in [0.05, 0.1) is 0 Å². The highest BCUT2D eigenvalue weighted by atomic mass is 16.4. The first-order chi connectivity index (χ1) is 16.2. The maximum atomic E-state index is 11.7. The Hall–Kier alpha value is -2.07. The summed E-state index contributed by atoms with van der Waals surface area (Å²) in [7, 11) is 0. The van der Waals surface area contributed by atoms with Crippen LogP contribution >= 0.6 is 0 Å². The van der Waals surface area contributed by atoms with Gasteiger partial charge in [-0.05, 0) is 50.3 Å². The first-order valence-corrected chi connectivity index (χ1v) is 13.4. The zero-order chi connectivity index (χ0) is 23.6. The summed E-state index contributed by atoms with van der Waals surface area (Å²) in [6, 6.07) is 7.52. The summed E-state index contributed by atoms with van der Waals surface area (Å²) in [5.74, 6) is -0.773. The number of aromatic nitrogens is 1. The molecule has 0 aliphatic rings. The molecule has 0 spiro atoms. The van der Waals surface area contributed by atoms with Gasteiger partial charge >= 0.3 is 5.97 Å². The van der Waals surface area contributed by atoms with E-state index in [9.17, 15) is 9.90 Å². The Balaban J connectivity index is 1.45. The lowest BCUT2D eigenvalue weighted by Gasteiger charge is -2.14. The maximum Gasteiger partial charge on any atom is 0.321 e. The van der Waals surface area contributed by atoms with E-state index in [2.05, 4.69) is 29.4 Å². The van der Waals surface area contributed by atoms with Gasteiger partial charge in [-0.25, -0.2) is 0 Å². The van der Waals surface area contributed by atoms with Crippen LogP contribution in [0.1, 0.15) is 102 Å². The Labute approximate surface area is 201 Å². The summed E-state index contributed by atoms with van der Waals surface area (Å²) in [6.07, 6.45) is 25.2. The lowest BCUT2D eigenvalue weighted by molar-refractivity contribution is -0.139. The van der Waals surface area contributed by atoms with Crippen molar-refractivity contribution in [1.29, 1.82) is 0 Å². The number of fused-ring (bicyclic) bond motifs is 1. The number of H-pyrrole nitrogens is 1. The number of hydrogen-bond acceptors (Lipinski definition) is 2. The number of rotatable bonds is 20. The van der Waals surface area contributed by atoms with Crippen molar-refractivity contribution in [3.8, 4) is 0 Å². The van der Waals surface area contributed by atoms with E-state index in [0.717, 1.165) is 29.4 Å². The maximum absolute atomic E-state index is 11.7. The summed E-state index contributed by atoms with van der Waals surface area (Å²) in [5, 5.41) is 14.0. The van der Waals surface area contributed by atoms with E-state index in [4.69, 9.17) is 0 Å². The molecule has 184 valence electrons. The van der Waals surface area contributed by atoms with Crippen molar-refractivity contribution in [2.24, 2.45) is 0 Å². The van der Waals surface area contributed by atoms with Crippen LogP contribution in [0.4, 0.5) is 0 Å². The first-order valence-electron chi connectivity index (χ1n) is 13.4. The molecule has 0 radical (unpaired) electrons. The average molecular weight is 455 g/mol. The fourth-order valence-corrected chi connectivity index (χ4v) is 4.42. The highest BCUT2D eigenvalue weighted by molar-refractivity contribution is 5.84. The van der Waals surface area contributed by atoms with Crippen LogP contribution in [-0.4, -0.2) is 28.6 Å². The minimum absolute atomic E-state index is 0.506. The van der Waals surface area contributed by atoms with Crippen molar-refractivity contribution in [2.45, 2.75) is 109 Å². The molecule has 4 heteroatoms. The minimum atomic E-state index is -0.773. The molecule has 4 nitrogen and oxygen atoms in total. The predicted octanol–water partition coefficient (Wildman–Crippen LogP) is 7.79. The zero-order valence-electron chi connectivity index (χ0n) is 20.8. The minimum Gasteiger partial charge on any atom is -0.480 e. The van der Waals surface area contributed by atoms with Crippen molar-refractivity contribution in [3.63, 3.8) is 0 Å². The molecule has 33 heavy (non-hydrogen) atoms. The molecule has 0 saturated heterocycles. The summed E-state index contributed by atoms with van der Waals surface area (Å²) in [4.78, 5) is 14.9. The monoisotopic (exact) mass is 454 g/mol. The highest BCUT2D eigenvalue weighted by Crippen LogP contribution is 2.19. The first kappa shape index (κ1) is 27.2. The topological polar surface area (TPSA) is 65.1 Å². The molecule has 0 aliphatic heterocycles. The second-order valence-electron chi connectivity index (χ2n) is 9.35. The van der Waals surface area contributed by atoms with Gasteiger partial charge in [0.1, 0.15) is 6.04 Å². The SMILES string of the molecule is CCCCCCCC/C=C\CCCCCCCCN[C@@H](Cc1c[nH]c2ccccc12)C(=O)O. The Bertz CT molecular complexity index is 796. The largest absolute Gasteiger partial charge is 0.480 e. The Morgan fingerprint density at radius 2 is 1.52 bits per heavy atom. The van der Waals surface area contributed by atoms with E-state index in [-0.39, 0.29) is 0 Å². The number of nitrogens with one attached hydrogen (secondary N) is 2. The summed E-state index contributed by atoms with van der Waals surface area (Å²) in [5.41, 5.74) is 2.12. The van der Waals surface area contributed by atoms with Crippen LogP contribution < -0.4 is 5.32 Å². The molecule has 1 atom stereocenters. The van der Waals surface area contributed by atoms with Crippen molar-refractivity contribution in [2.75, 3.05) is 6.54 Å². The number of allylic oxidation sites excluding steroid dienone is 2. The van der Waals surface area contributed by atoms with Crippen LogP contribution in [0.5, 0.6) is 0 Å². The van der Waals surface area contributed by atoms with Crippen molar-refractivity contribution < 1.29 is 9.90 Å². The van der Waals surface area contributed by atoms with Crippen LogP contribution in [-0.2, 0) is 11.2 Å². The predicted molar refractivity (Wildman–Crippen MR) is 141 cm³/mol. The standard InChI is InChI=1S/C29H46N2O2/c1-2-3-4-5-6-7-8-9-10-11-12-13-14-15-16-19-22-30-28(29(32)33)23-25-24-31-27-21-18-17-20-26(25)27/h9-10,17-18,20-21,24,28,30-31H,2-8,11-16,19,22-23H2,1H3,(H,32,33)/b10-9-/t28-/m0/s1. The zero-order valence-corrected chi connectivity index (χ0v) is 20.8. The van der Waals surface area contributed by atoms with E-state index in [1.165, 1.54) is 83.5 Å². The van der Waals surface area contributed by atoms with Gasteiger partial charge in [-0.1, -0.05) is 95.1 Å². The average Bonchev–Trinajstić information content (AvgIpc) is 3.23. The van der Waals surface area contributed by atoms with Gasteiger partial charge in [0, 0.05) is 23.5 Å². The van der Waals surface area contributed by atoms with Crippen LogP contribution in [0.2, 0.25) is 0 Å². The molecule has 0 unspecified atom stereocenters. The van der Waals surface area contributed by atoms with Crippen molar-refractivity contribution in [1.82, 2.24) is 10.3 Å². The van der Waals surface area contributed by atoms with E-state index in [1.54, 1.807) is 0 Å². The van der Waals surface area contributed by atoms with Gasteiger partial charge in [-0.3, -0.25) is 4.79 Å². The second kappa shape index (κ2) is 17.4. The number of para-hydroxylation sites is 1. The van der Waals surface area contributed by atoms with Gasteiger partial charge in [0.2, 0.25) is 0 Å². The van der Waals surface area contributed by atoms with Crippen LogP contribution in [0.3, 0.4) is 0 Å². The highest BCUT2D eigenvalue weighted by Gasteiger charge is 2.18. The molecule has 1 aromatic carbocycles. The number of aromatic amines is 1. The molecule has 0 amide bonds. The van der Waals surface area contributed by atoms with Crippen LogP contribution in [0.15, 0.2) is 42.6 Å². The van der Waals surface area contributed by atoms with E-state index >= 15 is 0 Å². The number of carbonyl (C=O) groups is 1. The van der Waals surface area contributed by atoms with Crippen LogP contribution in [0.25, 0.3) is 10.9 Å². The molecule has 2 aromatic rings. The van der Waals surface area contributed by atoms with Crippen molar-refractivity contribution >= 4 is 16.9 Å². The number of benzene rings is 1. The molecule has 0 bridgehead atoms. The number of hydrogen-bond donors (Lipinski definition) is 3. The normalized spacial score (nSPS) is 12.6. The van der Waals surface area contributed by atoms with Gasteiger partial charge in [-0.2, -0.15) is 0 Å². The Morgan fingerprint density at radius 3 is 2.18 bits per heavy atom. The fraction of sp³-hybridized carbons (Fsp3) is 0.621. The Kier molecular flexibility index (Phi) is 14.3. The number of unbranched alkanes of at least 4 members (excludes halogenated alkanes) is 12. The number of carboxylic acids is 1. The quantitative estimate of drug-likeness (QED) is 0.141. The summed E-state index contributed by atoms with van der Waals surface area (Å²) in [6.45, 7) is 3.03. The van der Waals surface area contributed by atoms with Crippen LogP contribution in [0, 0.1) is 0 Å². The summed E-state index contributed by atoms with van der Waals surface area (Å²) < 4.78 is 0. The molecule has 2 rings (SSSR count). The Morgan fingerprint density at radius 1 is 0.909 bits per heavy atom. The fourth-order valence-electron chi connectivity index (χ4n) is 4.42. The molecule has 0 aliphatic carbocycles. The van der Waals surface area contributed by atoms with E-state index in [1.807, 2.05) is 30.5 Å². The number of aliphatic carboxylic acids is 1. The van der Waals surface area contributed by atoms with Gasteiger partial charge in [-0.15, -0.1) is 0 Å². The third-order valence-corrected chi connectivity index (χ3v) is 6.48. The van der Waals surface area contributed by atoms with Crippen molar-refractivity contribution in [3.05, 3.63) is 48.2 Å². The molecule has 0 saturated carbocycles. The molecular formula is C29H46N2O2. The molecule has 1 heterocycles. The molecule has 0 fully saturated rings. The lowest BCUT2D eigenvalue weighted by Crippen LogP contribution is -2.39. The molecule has 3 N–H and O–H groups in total. The number of carboxylic acid groups (broad SMARTS) is 1. The molecular weight excluding hydrogens is 408 g/mol. The second-order valence-corrected chi connectivity index (χ2v) is 9.35. The van der Waals surface area contributed by atoms with Gasteiger partial charge in [0.25, 0.3) is 0 Å². The third kappa shape index (κ3) is 11.6. The van der Waals surface area contributed by atoms with E-state index in [0.29, 0.717) is 6.42 Å². The lowest BCUT2D eigenvalue weighted by atomic mass is 10.0. The smallest absolute Gasteiger partial charge is 0.321 e. The third-order valence-electron chi connectivity index (χ3n) is 6.48. The molecule has 1 aromatic heterocycles. The van der Waals surface area contributed by atoms with Gasteiger partial charge < -0.3 is 15.4 Å². The summed E-state index contributed by atoms with van der Waals surface area (Å²) >= 11 is 0. The van der Waals surface area contributed by atoms with E-state index < -0.39 is 12.0 Å². The van der Waals surface area contributed by atoms with Gasteiger partial charge in [0.15, 0.2) is 0 Å².